The molecular formula is C13H16N2OS. The van der Waals surface area contributed by atoms with Gasteiger partial charge in [-0.15, -0.1) is 0 Å². The van der Waals surface area contributed by atoms with Gasteiger partial charge in [-0.3, -0.25) is 4.21 Å². The third kappa shape index (κ3) is 3.03. The second kappa shape index (κ2) is 5.77. The number of hydrogen-bond donors (Lipinski definition) is 1. The molecule has 1 atom stereocenters. The zero-order chi connectivity index (χ0) is 12.1. The van der Waals surface area contributed by atoms with Crippen LogP contribution in [0.1, 0.15) is 6.92 Å². The van der Waals surface area contributed by atoms with Gasteiger partial charge in [0.2, 0.25) is 0 Å². The molecule has 1 N–H and O–H groups in total. The van der Waals surface area contributed by atoms with Crippen LogP contribution in [0.3, 0.4) is 0 Å². The van der Waals surface area contributed by atoms with Crippen molar-refractivity contribution in [3.8, 4) is 0 Å². The van der Waals surface area contributed by atoms with Crippen LogP contribution in [0.25, 0.3) is 10.8 Å². The molecule has 0 amide bonds. The predicted octanol–water partition coefficient (Wildman–Crippen LogP) is 2.42. The number of benzene rings is 1. The average molecular weight is 248 g/mol. The van der Waals surface area contributed by atoms with Crippen molar-refractivity contribution in [3.05, 3.63) is 36.5 Å². The molecule has 2 rings (SSSR count). The Labute approximate surface area is 104 Å². The molecular weight excluding hydrogens is 232 g/mol. The van der Waals surface area contributed by atoms with Crippen molar-refractivity contribution in [1.82, 2.24) is 4.98 Å². The molecule has 0 aliphatic carbocycles. The van der Waals surface area contributed by atoms with Crippen molar-refractivity contribution in [1.29, 1.82) is 0 Å². The number of anilines is 1. The van der Waals surface area contributed by atoms with Crippen LogP contribution in [0.15, 0.2) is 36.5 Å². The van der Waals surface area contributed by atoms with E-state index in [0.29, 0.717) is 18.1 Å². The first-order valence-corrected chi connectivity index (χ1v) is 7.22. The van der Waals surface area contributed by atoms with E-state index < -0.39 is 10.8 Å². The van der Waals surface area contributed by atoms with Crippen molar-refractivity contribution in [2.45, 2.75) is 6.92 Å². The van der Waals surface area contributed by atoms with Crippen LogP contribution in [0.4, 0.5) is 5.82 Å². The highest BCUT2D eigenvalue weighted by atomic mass is 32.2. The number of nitrogens with zero attached hydrogens (tertiary/aromatic N) is 1. The normalized spacial score (nSPS) is 12.5. The van der Waals surface area contributed by atoms with Gasteiger partial charge in [0, 0.05) is 40.4 Å². The van der Waals surface area contributed by atoms with Gasteiger partial charge in [0.1, 0.15) is 5.82 Å². The quantitative estimate of drug-likeness (QED) is 0.883. The maximum Gasteiger partial charge on any atom is 0.133 e. The highest BCUT2D eigenvalue weighted by molar-refractivity contribution is 7.84. The monoisotopic (exact) mass is 248 g/mol. The molecule has 0 saturated heterocycles. The molecule has 1 aromatic heterocycles. The van der Waals surface area contributed by atoms with Gasteiger partial charge in [-0.1, -0.05) is 31.2 Å². The Morgan fingerprint density at radius 2 is 2.12 bits per heavy atom. The Morgan fingerprint density at radius 1 is 1.29 bits per heavy atom. The van der Waals surface area contributed by atoms with E-state index in [-0.39, 0.29) is 0 Å². The summed E-state index contributed by atoms with van der Waals surface area (Å²) in [5.74, 6) is 2.25. The van der Waals surface area contributed by atoms with Crippen molar-refractivity contribution < 1.29 is 4.21 Å². The molecule has 3 nitrogen and oxygen atoms in total. The summed E-state index contributed by atoms with van der Waals surface area (Å²) in [4.78, 5) is 4.32. The molecule has 0 aliphatic rings. The van der Waals surface area contributed by atoms with E-state index in [1.54, 1.807) is 6.20 Å². The molecule has 1 aromatic carbocycles. The topological polar surface area (TPSA) is 42.0 Å². The minimum Gasteiger partial charge on any atom is -0.369 e. The highest BCUT2D eigenvalue weighted by Crippen LogP contribution is 2.19. The number of nitrogens with one attached hydrogen (secondary N) is 1. The molecule has 90 valence electrons. The molecule has 0 aliphatic heterocycles. The van der Waals surface area contributed by atoms with Gasteiger partial charge in [-0.05, 0) is 11.5 Å². The smallest absolute Gasteiger partial charge is 0.133 e. The van der Waals surface area contributed by atoms with E-state index >= 15 is 0 Å². The number of rotatable bonds is 5. The molecule has 1 unspecified atom stereocenters. The maximum absolute atomic E-state index is 11.3. The minimum absolute atomic E-state index is 0.668. The first kappa shape index (κ1) is 12.0. The third-order valence-electron chi connectivity index (χ3n) is 2.62. The van der Waals surface area contributed by atoms with E-state index in [9.17, 15) is 4.21 Å². The van der Waals surface area contributed by atoms with Crippen LogP contribution < -0.4 is 5.32 Å². The molecule has 1 heterocycles. The lowest BCUT2D eigenvalue weighted by molar-refractivity contribution is 0.684. The summed E-state index contributed by atoms with van der Waals surface area (Å²) >= 11 is 0. The van der Waals surface area contributed by atoms with Gasteiger partial charge in [-0.2, -0.15) is 0 Å². The third-order valence-corrected chi connectivity index (χ3v) is 3.92. The first-order valence-electron chi connectivity index (χ1n) is 5.74. The summed E-state index contributed by atoms with van der Waals surface area (Å²) in [7, 11) is -0.725. The van der Waals surface area contributed by atoms with Gasteiger partial charge in [0.25, 0.3) is 0 Å². The molecule has 0 radical (unpaired) electrons. The van der Waals surface area contributed by atoms with Crippen molar-refractivity contribution in [3.63, 3.8) is 0 Å². The highest BCUT2D eigenvalue weighted by Gasteiger charge is 2.01. The lowest BCUT2D eigenvalue weighted by Crippen LogP contribution is -2.12. The lowest BCUT2D eigenvalue weighted by atomic mass is 10.1. The van der Waals surface area contributed by atoms with E-state index in [4.69, 9.17) is 0 Å². The van der Waals surface area contributed by atoms with E-state index in [1.165, 1.54) is 5.39 Å². The van der Waals surface area contributed by atoms with Gasteiger partial charge >= 0.3 is 0 Å². The lowest BCUT2D eigenvalue weighted by Gasteiger charge is -2.07. The van der Waals surface area contributed by atoms with E-state index in [1.807, 2.05) is 31.2 Å². The standard InChI is InChI=1S/C13H16N2OS/c1-2-17(16)10-9-15-13-12-6-4-3-5-11(12)7-8-14-13/h3-8H,2,9-10H2,1H3,(H,14,15). The van der Waals surface area contributed by atoms with E-state index in [0.717, 1.165) is 11.2 Å². The zero-order valence-electron chi connectivity index (χ0n) is 9.85. The summed E-state index contributed by atoms with van der Waals surface area (Å²) in [5, 5.41) is 5.53. The van der Waals surface area contributed by atoms with Crippen molar-refractivity contribution in [2.75, 3.05) is 23.4 Å². The fourth-order valence-electron chi connectivity index (χ4n) is 1.69. The molecule has 0 saturated carbocycles. The van der Waals surface area contributed by atoms with Gasteiger partial charge < -0.3 is 5.32 Å². The average Bonchev–Trinajstić information content (AvgIpc) is 2.39. The Kier molecular flexibility index (Phi) is 4.09. The van der Waals surface area contributed by atoms with Gasteiger partial charge in [-0.25, -0.2) is 4.98 Å². The molecule has 0 fully saturated rings. The summed E-state index contributed by atoms with van der Waals surface area (Å²) < 4.78 is 11.3. The Morgan fingerprint density at radius 3 is 2.94 bits per heavy atom. The van der Waals surface area contributed by atoms with Crippen LogP contribution >= 0.6 is 0 Å². The van der Waals surface area contributed by atoms with Crippen LogP contribution in [-0.4, -0.2) is 27.2 Å². The molecule has 2 aromatic rings. The SMILES string of the molecule is CCS(=O)CCNc1nccc2ccccc12. The number of pyridine rings is 1. The first-order chi connectivity index (χ1) is 8.31. The summed E-state index contributed by atoms with van der Waals surface area (Å²) in [6.07, 6.45) is 1.79. The fourth-order valence-corrected chi connectivity index (χ4v) is 2.31. The molecule has 4 heteroatoms. The predicted molar refractivity (Wildman–Crippen MR) is 73.8 cm³/mol. The number of aromatic nitrogens is 1. The summed E-state index contributed by atoms with van der Waals surface area (Å²) in [5.41, 5.74) is 0. The van der Waals surface area contributed by atoms with Crippen molar-refractivity contribution >= 4 is 27.4 Å². The number of fused-ring (bicyclic) bond motifs is 1. The Balaban J connectivity index is 2.11. The second-order valence-electron chi connectivity index (χ2n) is 3.74. The molecule has 0 spiro atoms. The summed E-state index contributed by atoms with van der Waals surface area (Å²) in [6, 6.07) is 10.1. The van der Waals surface area contributed by atoms with E-state index in [2.05, 4.69) is 16.4 Å². The summed E-state index contributed by atoms with van der Waals surface area (Å²) in [6.45, 7) is 2.63. The maximum atomic E-state index is 11.3. The van der Waals surface area contributed by atoms with Crippen LogP contribution in [-0.2, 0) is 10.8 Å². The largest absolute Gasteiger partial charge is 0.369 e. The van der Waals surface area contributed by atoms with Crippen LogP contribution in [0.2, 0.25) is 0 Å². The molecule has 0 bridgehead atoms. The van der Waals surface area contributed by atoms with Crippen LogP contribution in [0, 0.1) is 0 Å². The minimum atomic E-state index is -0.725. The van der Waals surface area contributed by atoms with Gasteiger partial charge in [0.05, 0.1) is 0 Å². The Hall–Kier alpha value is -1.42. The number of hydrogen-bond acceptors (Lipinski definition) is 3. The van der Waals surface area contributed by atoms with Crippen molar-refractivity contribution in [2.24, 2.45) is 0 Å². The van der Waals surface area contributed by atoms with Gasteiger partial charge in [0.15, 0.2) is 0 Å². The zero-order valence-corrected chi connectivity index (χ0v) is 10.7. The molecule has 17 heavy (non-hydrogen) atoms. The second-order valence-corrected chi connectivity index (χ2v) is 5.61. The Bertz CT molecular complexity index is 522. The van der Waals surface area contributed by atoms with Crippen LogP contribution in [0.5, 0.6) is 0 Å². The fraction of sp³-hybridized carbons (Fsp3) is 0.308.